The summed E-state index contributed by atoms with van der Waals surface area (Å²) in [6, 6.07) is 7.65. The van der Waals surface area contributed by atoms with Gasteiger partial charge in [0.1, 0.15) is 11.4 Å². The second kappa shape index (κ2) is 16.0. The molecule has 0 aromatic heterocycles. The minimum Gasteiger partial charge on any atom is -0.444 e. The Bertz CT molecular complexity index is 1070. The zero-order valence-electron chi connectivity index (χ0n) is 21.1. The monoisotopic (exact) mass is 560 g/mol. The molecule has 3 rings (SSSR count). The maximum absolute atomic E-state index is 13.4. The van der Waals surface area contributed by atoms with Gasteiger partial charge in [0.25, 0.3) is 0 Å². The van der Waals surface area contributed by atoms with Gasteiger partial charge < -0.3 is 26.0 Å². The van der Waals surface area contributed by atoms with Crippen LogP contribution >= 0.6 is 23.2 Å². The zero-order chi connectivity index (χ0) is 28.0. The number of benzene rings is 2. The maximum Gasteiger partial charge on any atom is 0.407 e. The number of alkyl carbamates (subject to hydrolysis) is 1. The number of rotatable bonds is 5. The van der Waals surface area contributed by atoms with Crippen molar-refractivity contribution in [3.8, 4) is 0 Å². The van der Waals surface area contributed by atoms with Crippen LogP contribution in [0.3, 0.4) is 0 Å². The van der Waals surface area contributed by atoms with Crippen molar-refractivity contribution in [3.63, 3.8) is 0 Å². The second-order valence-corrected chi connectivity index (χ2v) is 9.43. The van der Waals surface area contributed by atoms with Gasteiger partial charge in [-0.05, 0) is 76.1 Å². The van der Waals surface area contributed by atoms with Crippen molar-refractivity contribution >= 4 is 47.3 Å². The molecule has 8 nitrogen and oxygen atoms in total. The third-order valence-corrected chi connectivity index (χ3v) is 5.21. The number of halogens is 4. The molecule has 0 fully saturated rings. The molecule has 12 heteroatoms. The van der Waals surface area contributed by atoms with E-state index in [2.05, 4.69) is 21.3 Å². The Morgan fingerprint density at radius 1 is 1.14 bits per heavy atom. The molecule has 0 unspecified atom stereocenters. The lowest BCUT2D eigenvalue weighted by Gasteiger charge is -2.19. The fourth-order valence-electron chi connectivity index (χ4n) is 2.86. The van der Waals surface area contributed by atoms with E-state index >= 15 is 0 Å². The molecule has 0 spiro atoms. The molecule has 1 aliphatic heterocycles. The SMILES string of the molecule is CCNC(=O)OC(C)(C)C.Fc1ccc2c(c1)CCNC2.O=CNCC(=O)Nc1ccc(Cl)c(Cl)c1F. The molecule has 1 heterocycles. The van der Waals surface area contributed by atoms with E-state index in [1.807, 2.05) is 33.8 Å². The highest BCUT2D eigenvalue weighted by atomic mass is 35.5. The van der Waals surface area contributed by atoms with E-state index in [-0.39, 0.29) is 39.8 Å². The van der Waals surface area contributed by atoms with Crippen LogP contribution in [0.4, 0.5) is 19.3 Å². The first-order valence-electron chi connectivity index (χ1n) is 11.4. The number of ether oxygens (including phenoxy) is 1. The summed E-state index contributed by atoms with van der Waals surface area (Å²) in [6.07, 6.45) is 0.965. The van der Waals surface area contributed by atoms with Crippen molar-refractivity contribution in [1.82, 2.24) is 16.0 Å². The molecule has 0 aliphatic carbocycles. The molecule has 0 saturated carbocycles. The summed E-state index contributed by atoms with van der Waals surface area (Å²) in [5, 5.41) is 9.95. The van der Waals surface area contributed by atoms with Gasteiger partial charge in [-0.2, -0.15) is 0 Å². The van der Waals surface area contributed by atoms with E-state index < -0.39 is 11.7 Å². The van der Waals surface area contributed by atoms with Gasteiger partial charge in [-0.3, -0.25) is 9.59 Å². The van der Waals surface area contributed by atoms with Gasteiger partial charge in [0.15, 0.2) is 5.82 Å². The number of fused-ring (bicyclic) bond motifs is 1. The summed E-state index contributed by atoms with van der Waals surface area (Å²) < 4.78 is 31.0. The molecule has 1 aliphatic rings. The number of hydrogen-bond donors (Lipinski definition) is 4. The molecule has 0 radical (unpaired) electrons. The van der Waals surface area contributed by atoms with E-state index in [1.54, 1.807) is 6.07 Å². The third kappa shape index (κ3) is 12.7. The molecule has 3 amide bonds. The smallest absolute Gasteiger partial charge is 0.407 e. The third-order valence-electron chi connectivity index (χ3n) is 4.43. The predicted molar refractivity (Wildman–Crippen MR) is 141 cm³/mol. The van der Waals surface area contributed by atoms with Crippen LogP contribution in [0.2, 0.25) is 10.0 Å². The van der Waals surface area contributed by atoms with Gasteiger partial charge in [-0.25, -0.2) is 13.6 Å². The second-order valence-electron chi connectivity index (χ2n) is 8.64. The quantitative estimate of drug-likeness (QED) is 0.309. The van der Waals surface area contributed by atoms with Crippen molar-refractivity contribution in [3.05, 3.63) is 63.1 Å². The van der Waals surface area contributed by atoms with Crippen LogP contribution in [0.25, 0.3) is 0 Å². The summed E-state index contributed by atoms with van der Waals surface area (Å²) in [5.74, 6) is -1.50. The number of anilines is 1. The molecule has 4 N–H and O–H groups in total. The number of carbonyl (C=O) groups is 3. The van der Waals surface area contributed by atoms with E-state index in [9.17, 15) is 23.2 Å². The highest BCUT2D eigenvalue weighted by molar-refractivity contribution is 6.42. The van der Waals surface area contributed by atoms with Crippen LogP contribution in [0.1, 0.15) is 38.8 Å². The summed E-state index contributed by atoms with van der Waals surface area (Å²) >= 11 is 11.1. The summed E-state index contributed by atoms with van der Waals surface area (Å²) in [4.78, 5) is 31.8. The molecule has 0 saturated heterocycles. The summed E-state index contributed by atoms with van der Waals surface area (Å²) in [5.41, 5.74) is 1.91. The van der Waals surface area contributed by atoms with E-state index in [1.165, 1.54) is 23.8 Å². The Labute approximate surface area is 225 Å². The molecule has 2 aromatic rings. The molecule has 0 atom stereocenters. The summed E-state index contributed by atoms with van der Waals surface area (Å²) in [6.45, 7) is 9.57. The standard InChI is InChI=1S/C9H7Cl2FN2O2.C9H10FN.C7H15NO2/c10-5-1-2-6(9(12)8(5)11)14-7(16)3-13-4-15;10-9-2-1-8-6-11-4-3-7(8)5-9;1-5-8-6(9)10-7(2,3)4/h1-2,4H,3H2,(H,13,15)(H,14,16);1-2,5,11H,3-4,6H2;5H2,1-4H3,(H,8,9). The van der Waals surface area contributed by atoms with Crippen molar-refractivity contribution < 1.29 is 27.9 Å². The fourth-order valence-corrected chi connectivity index (χ4v) is 3.17. The van der Waals surface area contributed by atoms with Crippen LogP contribution in [-0.2, 0) is 27.3 Å². The highest BCUT2D eigenvalue weighted by Crippen LogP contribution is 2.29. The number of carbonyl (C=O) groups excluding carboxylic acids is 3. The van der Waals surface area contributed by atoms with Crippen LogP contribution in [0, 0.1) is 11.6 Å². The number of nitrogens with one attached hydrogen (secondary N) is 4. The average molecular weight is 561 g/mol. The van der Waals surface area contributed by atoms with Crippen molar-refractivity contribution in [2.45, 2.75) is 46.3 Å². The number of hydrogen-bond acceptors (Lipinski definition) is 5. The first-order chi connectivity index (χ1) is 17.4. The van der Waals surface area contributed by atoms with E-state index in [0.717, 1.165) is 25.1 Å². The summed E-state index contributed by atoms with van der Waals surface area (Å²) in [7, 11) is 0. The maximum atomic E-state index is 13.4. The minimum absolute atomic E-state index is 0.0585. The molecule has 204 valence electrons. The zero-order valence-corrected chi connectivity index (χ0v) is 22.7. The van der Waals surface area contributed by atoms with Crippen LogP contribution in [0.5, 0.6) is 0 Å². The lowest BCUT2D eigenvalue weighted by molar-refractivity contribution is -0.118. The van der Waals surface area contributed by atoms with Gasteiger partial charge >= 0.3 is 6.09 Å². The van der Waals surface area contributed by atoms with E-state index in [4.69, 9.17) is 27.9 Å². The first-order valence-corrected chi connectivity index (χ1v) is 12.2. The van der Waals surface area contributed by atoms with Gasteiger partial charge in [0.05, 0.1) is 22.3 Å². The minimum atomic E-state index is -0.811. The normalized spacial score (nSPS) is 11.9. The predicted octanol–water partition coefficient (Wildman–Crippen LogP) is 4.82. The molecular formula is C25H32Cl2F2N4O4. The Kier molecular flexibility index (Phi) is 13.9. The van der Waals surface area contributed by atoms with Gasteiger partial charge in [-0.15, -0.1) is 0 Å². The van der Waals surface area contributed by atoms with E-state index in [0.29, 0.717) is 13.0 Å². The van der Waals surface area contributed by atoms with Crippen LogP contribution < -0.4 is 21.3 Å². The lowest BCUT2D eigenvalue weighted by atomic mass is 10.0. The molecule has 37 heavy (non-hydrogen) atoms. The molecule has 2 aromatic carbocycles. The molecule has 0 bridgehead atoms. The van der Waals surface area contributed by atoms with Crippen molar-refractivity contribution in [2.24, 2.45) is 0 Å². The number of amides is 3. The lowest BCUT2D eigenvalue weighted by Crippen LogP contribution is -2.32. The highest BCUT2D eigenvalue weighted by Gasteiger charge is 2.15. The Morgan fingerprint density at radius 3 is 2.46 bits per heavy atom. The molecular weight excluding hydrogens is 529 g/mol. The van der Waals surface area contributed by atoms with Crippen molar-refractivity contribution in [2.75, 3.05) is 25.0 Å². The van der Waals surface area contributed by atoms with Gasteiger partial charge in [0, 0.05) is 13.1 Å². The first kappa shape index (κ1) is 32.1. The Balaban J connectivity index is 0.000000288. The van der Waals surface area contributed by atoms with Crippen molar-refractivity contribution in [1.29, 1.82) is 0 Å². The average Bonchev–Trinajstić information content (AvgIpc) is 2.83. The Hall–Kier alpha value is -2.95. The fraction of sp³-hybridized carbons (Fsp3) is 0.400. The van der Waals surface area contributed by atoms with Gasteiger partial charge in [0.2, 0.25) is 12.3 Å². The largest absolute Gasteiger partial charge is 0.444 e. The van der Waals surface area contributed by atoms with Crippen LogP contribution in [-0.4, -0.2) is 43.6 Å². The topological polar surface area (TPSA) is 109 Å². The van der Waals surface area contributed by atoms with Crippen LogP contribution in [0.15, 0.2) is 30.3 Å². The van der Waals surface area contributed by atoms with Gasteiger partial charge in [-0.1, -0.05) is 29.3 Å². The Morgan fingerprint density at radius 2 is 1.84 bits per heavy atom.